The van der Waals surface area contributed by atoms with Crippen LogP contribution in [0.15, 0.2) is 24.4 Å². The number of rotatable bonds is 4. The van der Waals surface area contributed by atoms with E-state index in [1.807, 2.05) is 28.0 Å². The summed E-state index contributed by atoms with van der Waals surface area (Å²) in [5, 5.41) is 3.38. The van der Waals surface area contributed by atoms with Crippen molar-refractivity contribution in [1.29, 1.82) is 0 Å². The van der Waals surface area contributed by atoms with Crippen LogP contribution in [0.4, 0.5) is 10.6 Å². The van der Waals surface area contributed by atoms with Crippen LogP contribution in [-0.4, -0.2) is 65.7 Å². The lowest BCUT2D eigenvalue weighted by Gasteiger charge is -2.51. The molecule has 1 atom stereocenters. The molecule has 3 aliphatic heterocycles. The third-order valence-corrected chi connectivity index (χ3v) is 5.63. The largest absolute Gasteiger partial charge is 0.371 e. The fourth-order valence-corrected chi connectivity index (χ4v) is 4.23. The van der Waals surface area contributed by atoms with E-state index in [0.717, 1.165) is 70.8 Å². The molecule has 1 unspecified atom stereocenters. The molecule has 4 rings (SSSR count). The summed E-state index contributed by atoms with van der Waals surface area (Å²) in [6, 6.07) is 6.11. The van der Waals surface area contributed by atoms with E-state index in [1.54, 1.807) is 6.20 Å². The van der Waals surface area contributed by atoms with Crippen LogP contribution in [0.5, 0.6) is 0 Å². The lowest BCUT2D eigenvalue weighted by atomic mass is 9.79. The molecule has 0 bridgehead atoms. The molecule has 6 nitrogen and oxygen atoms in total. The van der Waals surface area contributed by atoms with Gasteiger partial charge in [0, 0.05) is 32.4 Å². The van der Waals surface area contributed by atoms with E-state index in [2.05, 4.69) is 10.3 Å². The first kappa shape index (κ1) is 15.7. The molecule has 0 aromatic carbocycles. The molecule has 2 amide bonds. The topological polar surface area (TPSA) is 57.7 Å². The minimum absolute atomic E-state index is 0.0961. The highest BCUT2D eigenvalue weighted by atomic mass is 16.5. The Balaban J connectivity index is 1.27. The summed E-state index contributed by atoms with van der Waals surface area (Å²) < 4.78 is 6.08. The van der Waals surface area contributed by atoms with Crippen molar-refractivity contribution in [3.63, 3.8) is 0 Å². The third-order valence-electron chi connectivity index (χ3n) is 5.63. The fourth-order valence-electron chi connectivity index (χ4n) is 4.23. The van der Waals surface area contributed by atoms with E-state index in [-0.39, 0.29) is 11.6 Å². The van der Waals surface area contributed by atoms with Crippen molar-refractivity contribution < 1.29 is 9.53 Å². The molecule has 1 N–H and O–H groups in total. The molecule has 1 aromatic rings. The predicted molar refractivity (Wildman–Crippen MR) is 91.9 cm³/mol. The summed E-state index contributed by atoms with van der Waals surface area (Å²) in [6.07, 6.45) is 6.24. The Labute approximate surface area is 143 Å². The summed E-state index contributed by atoms with van der Waals surface area (Å²) in [5.41, 5.74) is -0.0961. The van der Waals surface area contributed by atoms with Crippen molar-refractivity contribution in [3.8, 4) is 0 Å². The molecule has 4 heterocycles. The number of hydrogen-bond acceptors (Lipinski definition) is 4. The zero-order valence-corrected chi connectivity index (χ0v) is 14.1. The van der Waals surface area contributed by atoms with E-state index in [0.29, 0.717) is 5.92 Å². The number of ether oxygens (including phenoxy) is 1. The van der Waals surface area contributed by atoms with E-state index in [1.165, 1.54) is 0 Å². The van der Waals surface area contributed by atoms with Crippen molar-refractivity contribution in [2.75, 3.05) is 44.6 Å². The van der Waals surface area contributed by atoms with Crippen molar-refractivity contribution in [2.45, 2.75) is 31.3 Å². The number of amides is 2. The molecular weight excluding hydrogens is 304 g/mol. The number of carbonyl (C=O) groups excluding carboxylic acids is 1. The molecule has 1 aromatic heterocycles. The first-order chi connectivity index (χ1) is 11.8. The van der Waals surface area contributed by atoms with Gasteiger partial charge in [0.2, 0.25) is 0 Å². The monoisotopic (exact) mass is 330 g/mol. The van der Waals surface area contributed by atoms with Crippen LogP contribution >= 0.6 is 0 Å². The number of nitrogens with zero attached hydrogens (tertiary/aromatic N) is 3. The van der Waals surface area contributed by atoms with Crippen LogP contribution in [0.2, 0.25) is 0 Å². The lowest BCUT2D eigenvalue weighted by Crippen LogP contribution is -2.67. The number of pyridine rings is 1. The second-order valence-corrected chi connectivity index (χ2v) is 7.16. The van der Waals surface area contributed by atoms with Crippen LogP contribution in [-0.2, 0) is 4.74 Å². The lowest BCUT2D eigenvalue weighted by molar-refractivity contribution is -0.118. The smallest absolute Gasteiger partial charge is 0.320 e. The third kappa shape index (κ3) is 2.95. The SMILES string of the molecule is O=C(N1CCCC1)N1CC2(C1)OCCC2CCNc1ccccn1. The summed E-state index contributed by atoms with van der Waals surface area (Å²) >= 11 is 0. The summed E-state index contributed by atoms with van der Waals surface area (Å²) in [6.45, 7) is 5.07. The van der Waals surface area contributed by atoms with E-state index < -0.39 is 0 Å². The Morgan fingerprint density at radius 2 is 2.12 bits per heavy atom. The number of anilines is 1. The van der Waals surface area contributed by atoms with Crippen molar-refractivity contribution >= 4 is 11.8 Å². The molecule has 6 heteroatoms. The normalized spacial score (nSPS) is 25.1. The van der Waals surface area contributed by atoms with Gasteiger partial charge < -0.3 is 19.9 Å². The zero-order valence-electron chi connectivity index (χ0n) is 14.1. The van der Waals surface area contributed by atoms with Crippen LogP contribution in [0.1, 0.15) is 25.7 Å². The molecule has 24 heavy (non-hydrogen) atoms. The highest BCUT2D eigenvalue weighted by Gasteiger charge is 2.54. The Kier molecular flexibility index (Phi) is 4.31. The molecule has 130 valence electrons. The van der Waals surface area contributed by atoms with Crippen molar-refractivity contribution in [2.24, 2.45) is 5.92 Å². The summed E-state index contributed by atoms with van der Waals surface area (Å²) in [7, 11) is 0. The van der Waals surface area contributed by atoms with Gasteiger partial charge in [-0.15, -0.1) is 0 Å². The fraction of sp³-hybridized carbons (Fsp3) is 0.667. The van der Waals surface area contributed by atoms with Gasteiger partial charge in [-0.1, -0.05) is 6.07 Å². The Morgan fingerprint density at radius 1 is 1.29 bits per heavy atom. The van der Waals surface area contributed by atoms with Crippen molar-refractivity contribution in [1.82, 2.24) is 14.8 Å². The maximum Gasteiger partial charge on any atom is 0.320 e. The van der Waals surface area contributed by atoms with E-state index in [4.69, 9.17) is 4.74 Å². The second kappa shape index (κ2) is 6.59. The number of likely N-dealkylation sites (tertiary alicyclic amines) is 2. The Hall–Kier alpha value is -1.82. The average molecular weight is 330 g/mol. The maximum atomic E-state index is 12.4. The molecule has 3 saturated heterocycles. The van der Waals surface area contributed by atoms with Gasteiger partial charge in [-0.05, 0) is 43.7 Å². The van der Waals surface area contributed by atoms with E-state index in [9.17, 15) is 4.79 Å². The van der Waals surface area contributed by atoms with Crippen LogP contribution < -0.4 is 5.32 Å². The standard InChI is InChI=1S/C18H26N4O2/c23-17(21-10-3-4-11-21)22-13-18(14-22)15(7-12-24-18)6-9-20-16-5-1-2-8-19-16/h1-2,5,8,15H,3-4,6-7,9-14H2,(H,19,20). The minimum atomic E-state index is -0.0961. The minimum Gasteiger partial charge on any atom is -0.371 e. The van der Waals surface area contributed by atoms with Crippen LogP contribution in [0.3, 0.4) is 0 Å². The molecule has 0 aliphatic carbocycles. The van der Waals surface area contributed by atoms with E-state index >= 15 is 0 Å². The van der Waals surface area contributed by atoms with Gasteiger partial charge in [-0.3, -0.25) is 0 Å². The Morgan fingerprint density at radius 3 is 2.88 bits per heavy atom. The highest BCUT2D eigenvalue weighted by Crippen LogP contribution is 2.42. The van der Waals surface area contributed by atoms with Gasteiger partial charge in [0.1, 0.15) is 11.4 Å². The summed E-state index contributed by atoms with van der Waals surface area (Å²) in [4.78, 5) is 20.7. The summed E-state index contributed by atoms with van der Waals surface area (Å²) in [5.74, 6) is 1.45. The quantitative estimate of drug-likeness (QED) is 0.919. The van der Waals surface area contributed by atoms with Gasteiger partial charge in [0.15, 0.2) is 0 Å². The van der Waals surface area contributed by atoms with Crippen LogP contribution in [0.25, 0.3) is 0 Å². The highest BCUT2D eigenvalue weighted by molar-refractivity contribution is 5.76. The molecule has 3 aliphatic rings. The molecule has 3 fully saturated rings. The number of carbonyl (C=O) groups is 1. The first-order valence-electron chi connectivity index (χ1n) is 9.10. The Bertz CT molecular complexity index is 568. The predicted octanol–water partition coefficient (Wildman–Crippen LogP) is 2.19. The van der Waals surface area contributed by atoms with Crippen molar-refractivity contribution in [3.05, 3.63) is 24.4 Å². The number of nitrogens with one attached hydrogen (secondary N) is 1. The number of urea groups is 1. The second-order valence-electron chi connectivity index (χ2n) is 7.16. The molecule has 0 radical (unpaired) electrons. The van der Waals surface area contributed by atoms with Gasteiger partial charge in [-0.2, -0.15) is 0 Å². The zero-order chi connectivity index (χ0) is 16.4. The van der Waals surface area contributed by atoms with Gasteiger partial charge in [0.25, 0.3) is 0 Å². The number of aromatic nitrogens is 1. The van der Waals surface area contributed by atoms with Gasteiger partial charge in [-0.25, -0.2) is 9.78 Å². The molecule has 1 spiro atoms. The van der Waals surface area contributed by atoms with Gasteiger partial charge in [0.05, 0.1) is 13.1 Å². The molecular formula is C18H26N4O2. The first-order valence-corrected chi connectivity index (χ1v) is 9.10. The maximum absolute atomic E-state index is 12.4. The average Bonchev–Trinajstić information content (AvgIpc) is 3.24. The van der Waals surface area contributed by atoms with Crippen LogP contribution in [0, 0.1) is 5.92 Å². The molecule has 0 saturated carbocycles. The number of hydrogen-bond donors (Lipinski definition) is 1. The van der Waals surface area contributed by atoms with Gasteiger partial charge >= 0.3 is 6.03 Å².